The van der Waals surface area contributed by atoms with Crippen LogP contribution in [0.25, 0.3) is 0 Å². The van der Waals surface area contributed by atoms with Crippen LogP contribution < -0.4 is 0 Å². The third-order valence-corrected chi connectivity index (χ3v) is 3.92. The second-order valence-corrected chi connectivity index (χ2v) is 5.41. The van der Waals surface area contributed by atoms with Gasteiger partial charge in [0.2, 0.25) is 0 Å². The Morgan fingerprint density at radius 1 is 1.05 bits per heavy atom. The first-order valence-corrected chi connectivity index (χ1v) is 7.43. The van der Waals surface area contributed by atoms with Gasteiger partial charge in [-0.3, -0.25) is 4.79 Å². The van der Waals surface area contributed by atoms with Gasteiger partial charge in [-0.1, -0.05) is 6.92 Å². The van der Waals surface area contributed by atoms with E-state index in [2.05, 4.69) is 0 Å². The summed E-state index contributed by atoms with van der Waals surface area (Å²) in [6, 6.07) is 0.151. The maximum atomic E-state index is 12.2. The second kappa shape index (κ2) is 6.78. The molecule has 2 aliphatic rings. The van der Waals surface area contributed by atoms with Crippen molar-refractivity contribution in [2.75, 3.05) is 32.8 Å². The van der Waals surface area contributed by atoms with E-state index in [1.807, 2.05) is 16.7 Å². The lowest BCUT2D eigenvalue weighted by molar-refractivity contribution is -0.150. The zero-order chi connectivity index (χ0) is 13.7. The molecule has 108 valence electrons. The van der Waals surface area contributed by atoms with E-state index < -0.39 is 0 Å². The van der Waals surface area contributed by atoms with Gasteiger partial charge in [0, 0.05) is 26.2 Å². The van der Waals surface area contributed by atoms with Crippen LogP contribution >= 0.6 is 0 Å². The van der Waals surface area contributed by atoms with Crippen molar-refractivity contribution >= 4 is 12.0 Å². The van der Waals surface area contributed by atoms with Crippen LogP contribution in [0.3, 0.4) is 0 Å². The average Bonchev–Trinajstić information content (AvgIpc) is 2.98. The van der Waals surface area contributed by atoms with Gasteiger partial charge in [0.25, 0.3) is 0 Å². The van der Waals surface area contributed by atoms with Crippen LogP contribution in [0, 0.1) is 5.92 Å². The normalized spacial score (nSPS) is 20.7. The zero-order valence-corrected chi connectivity index (χ0v) is 11.8. The molecule has 2 fully saturated rings. The highest BCUT2D eigenvalue weighted by Crippen LogP contribution is 2.21. The number of nitrogens with zero attached hydrogens (tertiary/aromatic N) is 2. The van der Waals surface area contributed by atoms with E-state index in [1.165, 1.54) is 0 Å². The number of piperidine rings is 1. The van der Waals surface area contributed by atoms with Gasteiger partial charge in [0.05, 0.1) is 12.5 Å². The minimum Gasteiger partial charge on any atom is -0.465 e. The second-order valence-electron chi connectivity index (χ2n) is 5.41. The Balaban J connectivity index is 1.75. The number of carbonyl (C=O) groups is 2. The molecule has 2 amide bonds. The van der Waals surface area contributed by atoms with Crippen molar-refractivity contribution in [3.8, 4) is 0 Å². The van der Waals surface area contributed by atoms with Crippen LogP contribution in [0.1, 0.15) is 39.0 Å². The van der Waals surface area contributed by atoms with Gasteiger partial charge in [-0.15, -0.1) is 0 Å². The SMILES string of the molecule is CCCOC(=O)C1CCN(C(=O)N2CCCC2)CC1. The summed E-state index contributed by atoms with van der Waals surface area (Å²) in [5, 5.41) is 0. The number of amides is 2. The molecule has 0 aromatic heterocycles. The van der Waals surface area contributed by atoms with E-state index in [4.69, 9.17) is 4.74 Å². The highest BCUT2D eigenvalue weighted by atomic mass is 16.5. The molecule has 0 spiro atoms. The number of carbonyl (C=O) groups excluding carboxylic acids is 2. The fraction of sp³-hybridized carbons (Fsp3) is 0.857. The summed E-state index contributed by atoms with van der Waals surface area (Å²) in [6.07, 6.45) is 4.57. The van der Waals surface area contributed by atoms with E-state index in [1.54, 1.807) is 0 Å². The number of likely N-dealkylation sites (tertiary alicyclic amines) is 2. The van der Waals surface area contributed by atoms with E-state index in [0.29, 0.717) is 19.7 Å². The summed E-state index contributed by atoms with van der Waals surface area (Å²) in [4.78, 5) is 27.7. The predicted octanol–water partition coefficient (Wildman–Crippen LogP) is 1.87. The maximum Gasteiger partial charge on any atom is 0.319 e. The highest BCUT2D eigenvalue weighted by molar-refractivity contribution is 5.76. The molecule has 5 nitrogen and oxygen atoms in total. The Bertz CT molecular complexity index is 319. The number of hydrogen-bond donors (Lipinski definition) is 0. The summed E-state index contributed by atoms with van der Waals surface area (Å²) in [7, 11) is 0. The molecule has 0 aromatic rings. The number of esters is 1. The van der Waals surface area contributed by atoms with Crippen molar-refractivity contribution in [3.63, 3.8) is 0 Å². The molecule has 0 aliphatic carbocycles. The lowest BCUT2D eigenvalue weighted by atomic mass is 9.97. The van der Waals surface area contributed by atoms with Crippen molar-refractivity contribution < 1.29 is 14.3 Å². The molecular formula is C14H24N2O3. The Kier molecular flexibility index (Phi) is 5.05. The standard InChI is InChI=1S/C14H24N2O3/c1-2-11-19-13(17)12-5-9-16(10-6-12)14(18)15-7-3-4-8-15/h12H,2-11H2,1H3. The van der Waals surface area contributed by atoms with Crippen LogP contribution in [0.5, 0.6) is 0 Å². The lowest BCUT2D eigenvalue weighted by Crippen LogP contribution is -2.46. The van der Waals surface area contributed by atoms with Gasteiger partial charge in [-0.05, 0) is 32.1 Å². The summed E-state index contributed by atoms with van der Waals surface area (Å²) in [6.45, 7) is 5.63. The molecule has 2 heterocycles. The molecule has 0 radical (unpaired) electrons. The predicted molar refractivity (Wildman–Crippen MR) is 71.8 cm³/mol. The molecule has 0 saturated carbocycles. The van der Waals surface area contributed by atoms with Crippen LogP contribution in [0.2, 0.25) is 0 Å². The zero-order valence-electron chi connectivity index (χ0n) is 11.8. The number of urea groups is 1. The third-order valence-electron chi connectivity index (χ3n) is 3.92. The van der Waals surface area contributed by atoms with E-state index >= 15 is 0 Å². The summed E-state index contributed by atoms with van der Waals surface area (Å²) in [5.41, 5.74) is 0. The van der Waals surface area contributed by atoms with Crippen LogP contribution in [0.4, 0.5) is 4.79 Å². The summed E-state index contributed by atoms with van der Waals surface area (Å²) in [5.74, 6) is -0.107. The van der Waals surface area contributed by atoms with Gasteiger partial charge in [-0.25, -0.2) is 4.79 Å². The molecule has 0 aromatic carbocycles. The molecule has 2 saturated heterocycles. The first-order chi connectivity index (χ1) is 9.22. The molecule has 2 rings (SSSR count). The van der Waals surface area contributed by atoms with Crippen molar-refractivity contribution in [3.05, 3.63) is 0 Å². The molecule has 5 heteroatoms. The van der Waals surface area contributed by atoms with Gasteiger partial charge in [0.15, 0.2) is 0 Å². The maximum absolute atomic E-state index is 12.2. The van der Waals surface area contributed by atoms with Gasteiger partial charge < -0.3 is 14.5 Å². The van der Waals surface area contributed by atoms with E-state index in [0.717, 1.165) is 45.2 Å². The largest absolute Gasteiger partial charge is 0.465 e. The minimum atomic E-state index is -0.0879. The molecule has 0 atom stereocenters. The monoisotopic (exact) mass is 268 g/mol. The molecule has 2 aliphatic heterocycles. The van der Waals surface area contributed by atoms with Crippen molar-refractivity contribution in [1.82, 2.24) is 9.80 Å². The fourth-order valence-corrected chi connectivity index (χ4v) is 2.74. The number of hydrogen-bond acceptors (Lipinski definition) is 3. The Hall–Kier alpha value is -1.26. The first-order valence-electron chi connectivity index (χ1n) is 7.43. The molecule has 0 N–H and O–H groups in total. The van der Waals surface area contributed by atoms with Crippen molar-refractivity contribution in [1.29, 1.82) is 0 Å². The number of ether oxygens (including phenoxy) is 1. The Morgan fingerprint density at radius 3 is 2.21 bits per heavy atom. The van der Waals surface area contributed by atoms with Crippen LogP contribution in [-0.4, -0.2) is 54.6 Å². The first kappa shape index (κ1) is 14.2. The fourth-order valence-electron chi connectivity index (χ4n) is 2.74. The minimum absolute atomic E-state index is 0.0193. The number of rotatable bonds is 3. The van der Waals surface area contributed by atoms with E-state index in [-0.39, 0.29) is 17.9 Å². The molecular weight excluding hydrogens is 244 g/mol. The van der Waals surface area contributed by atoms with Crippen molar-refractivity contribution in [2.45, 2.75) is 39.0 Å². The Morgan fingerprint density at radius 2 is 1.63 bits per heavy atom. The molecule has 0 unspecified atom stereocenters. The quantitative estimate of drug-likeness (QED) is 0.734. The highest BCUT2D eigenvalue weighted by Gasteiger charge is 2.30. The Labute approximate surface area is 114 Å². The average molecular weight is 268 g/mol. The summed E-state index contributed by atoms with van der Waals surface area (Å²) < 4.78 is 5.17. The van der Waals surface area contributed by atoms with Gasteiger partial charge in [-0.2, -0.15) is 0 Å². The van der Waals surface area contributed by atoms with Crippen LogP contribution in [0.15, 0.2) is 0 Å². The lowest BCUT2D eigenvalue weighted by Gasteiger charge is -2.33. The smallest absolute Gasteiger partial charge is 0.319 e. The third kappa shape index (κ3) is 3.61. The van der Waals surface area contributed by atoms with Crippen LogP contribution in [-0.2, 0) is 9.53 Å². The topological polar surface area (TPSA) is 49.9 Å². The van der Waals surface area contributed by atoms with E-state index in [9.17, 15) is 9.59 Å². The van der Waals surface area contributed by atoms with Gasteiger partial charge >= 0.3 is 12.0 Å². The molecule has 0 bridgehead atoms. The van der Waals surface area contributed by atoms with Gasteiger partial charge in [0.1, 0.15) is 0 Å². The van der Waals surface area contributed by atoms with Crippen molar-refractivity contribution in [2.24, 2.45) is 5.92 Å². The molecule has 19 heavy (non-hydrogen) atoms. The summed E-state index contributed by atoms with van der Waals surface area (Å²) >= 11 is 0.